The van der Waals surface area contributed by atoms with Crippen LogP contribution in [0.4, 0.5) is 24.9 Å². The SMILES string of the molecule is CN(C)c1nc(N(C)C2CCC(NC(=O)c3cccc(C#N)c3)CC2)cc(C(F)(F)F)n1. The van der Waals surface area contributed by atoms with E-state index in [4.69, 9.17) is 5.26 Å². The molecule has 32 heavy (non-hydrogen) atoms. The summed E-state index contributed by atoms with van der Waals surface area (Å²) in [6, 6.07) is 9.46. The highest BCUT2D eigenvalue weighted by molar-refractivity contribution is 5.94. The lowest BCUT2D eigenvalue weighted by molar-refractivity contribution is -0.141. The van der Waals surface area contributed by atoms with Gasteiger partial charge in [-0.1, -0.05) is 6.07 Å². The van der Waals surface area contributed by atoms with Crippen molar-refractivity contribution in [3.63, 3.8) is 0 Å². The van der Waals surface area contributed by atoms with E-state index in [9.17, 15) is 18.0 Å². The maximum Gasteiger partial charge on any atom is 0.433 e. The first-order valence-electron chi connectivity index (χ1n) is 10.3. The van der Waals surface area contributed by atoms with Crippen molar-refractivity contribution in [2.24, 2.45) is 0 Å². The molecule has 1 N–H and O–H groups in total. The fourth-order valence-corrected chi connectivity index (χ4v) is 3.74. The second-order valence-corrected chi connectivity index (χ2v) is 8.09. The van der Waals surface area contributed by atoms with E-state index in [-0.39, 0.29) is 29.8 Å². The van der Waals surface area contributed by atoms with Crippen LogP contribution >= 0.6 is 0 Å². The molecule has 1 aromatic carbocycles. The Morgan fingerprint density at radius 2 is 1.81 bits per heavy atom. The fourth-order valence-electron chi connectivity index (χ4n) is 3.74. The molecule has 1 aliphatic carbocycles. The first-order chi connectivity index (χ1) is 15.1. The molecular formula is C22H25F3N6O. The van der Waals surface area contributed by atoms with Gasteiger partial charge in [-0.3, -0.25) is 4.79 Å². The molecule has 0 bridgehead atoms. The van der Waals surface area contributed by atoms with Gasteiger partial charge >= 0.3 is 6.18 Å². The van der Waals surface area contributed by atoms with E-state index >= 15 is 0 Å². The number of rotatable bonds is 5. The minimum atomic E-state index is -4.56. The van der Waals surface area contributed by atoms with E-state index in [0.717, 1.165) is 6.07 Å². The maximum absolute atomic E-state index is 13.3. The van der Waals surface area contributed by atoms with Crippen LogP contribution in [-0.4, -0.2) is 49.1 Å². The third kappa shape index (κ3) is 5.46. The number of carbonyl (C=O) groups excluding carboxylic acids is 1. The van der Waals surface area contributed by atoms with Crippen LogP contribution in [0.25, 0.3) is 0 Å². The van der Waals surface area contributed by atoms with Crippen molar-refractivity contribution < 1.29 is 18.0 Å². The lowest BCUT2D eigenvalue weighted by Crippen LogP contribution is -2.43. The summed E-state index contributed by atoms with van der Waals surface area (Å²) in [5.74, 6) is -0.0146. The van der Waals surface area contributed by atoms with Crippen LogP contribution in [0.2, 0.25) is 0 Å². The van der Waals surface area contributed by atoms with Crippen LogP contribution in [0.15, 0.2) is 30.3 Å². The summed E-state index contributed by atoms with van der Waals surface area (Å²) >= 11 is 0. The zero-order chi connectivity index (χ0) is 23.5. The summed E-state index contributed by atoms with van der Waals surface area (Å²) < 4.78 is 39.9. The van der Waals surface area contributed by atoms with Gasteiger partial charge in [-0.2, -0.15) is 23.4 Å². The Labute approximate surface area is 184 Å². The number of hydrogen-bond acceptors (Lipinski definition) is 6. The lowest BCUT2D eigenvalue weighted by Gasteiger charge is -2.36. The molecule has 1 saturated carbocycles. The van der Waals surface area contributed by atoms with Crippen molar-refractivity contribution in [1.82, 2.24) is 15.3 Å². The summed E-state index contributed by atoms with van der Waals surface area (Å²) in [6.07, 6.45) is -1.79. The number of halogens is 3. The van der Waals surface area contributed by atoms with Gasteiger partial charge in [0.05, 0.1) is 11.6 Å². The Balaban J connectivity index is 1.65. The van der Waals surface area contributed by atoms with E-state index in [1.165, 1.54) is 4.90 Å². The third-order valence-corrected chi connectivity index (χ3v) is 5.59. The number of nitrogens with zero attached hydrogens (tertiary/aromatic N) is 5. The monoisotopic (exact) mass is 446 g/mol. The topological polar surface area (TPSA) is 85.2 Å². The first-order valence-corrected chi connectivity index (χ1v) is 10.3. The van der Waals surface area contributed by atoms with Crippen molar-refractivity contribution in [3.05, 3.63) is 47.2 Å². The standard InChI is InChI=1S/C22H25F3N6O/c1-30(2)21-28-18(22(23,24)25)12-19(29-21)31(3)17-9-7-16(8-10-17)27-20(32)15-6-4-5-14(11-15)13-26/h4-6,11-12,16-17H,7-10H2,1-3H3,(H,27,32). The molecule has 170 valence electrons. The summed E-state index contributed by atoms with van der Waals surface area (Å²) in [4.78, 5) is 23.6. The van der Waals surface area contributed by atoms with Crippen LogP contribution in [-0.2, 0) is 6.18 Å². The van der Waals surface area contributed by atoms with Gasteiger partial charge in [0.1, 0.15) is 5.82 Å². The third-order valence-electron chi connectivity index (χ3n) is 5.59. The number of alkyl halides is 3. The van der Waals surface area contributed by atoms with Crippen LogP contribution in [0.1, 0.15) is 47.3 Å². The highest BCUT2D eigenvalue weighted by Gasteiger charge is 2.35. The molecule has 7 nitrogen and oxygen atoms in total. The molecule has 0 atom stereocenters. The predicted octanol–water partition coefficient (Wildman–Crippen LogP) is 3.61. The van der Waals surface area contributed by atoms with E-state index < -0.39 is 11.9 Å². The summed E-state index contributed by atoms with van der Waals surface area (Å²) in [7, 11) is 4.93. The summed E-state index contributed by atoms with van der Waals surface area (Å²) in [5, 5.41) is 12.0. The van der Waals surface area contributed by atoms with Gasteiger partial charge in [0.15, 0.2) is 5.69 Å². The Kier molecular flexibility index (Phi) is 6.87. The van der Waals surface area contributed by atoms with E-state index in [1.54, 1.807) is 50.3 Å². The highest BCUT2D eigenvalue weighted by Crippen LogP contribution is 2.32. The first kappa shape index (κ1) is 23.3. The molecule has 0 radical (unpaired) electrons. The lowest BCUT2D eigenvalue weighted by atomic mass is 9.90. The van der Waals surface area contributed by atoms with Gasteiger partial charge in [0.25, 0.3) is 5.91 Å². The second kappa shape index (κ2) is 9.42. The molecule has 0 saturated heterocycles. The minimum Gasteiger partial charge on any atom is -0.357 e. The van der Waals surface area contributed by atoms with Gasteiger partial charge in [-0.05, 0) is 43.9 Å². The van der Waals surface area contributed by atoms with Crippen LogP contribution in [0.5, 0.6) is 0 Å². The normalized spacial score (nSPS) is 18.5. The van der Waals surface area contributed by atoms with Crippen LogP contribution < -0.4 is 15.1 Å². The van der Waals surface area contributed by atoms with Gasteiger partial charge in [0, 0.05) is 44.9 Å². The number of amides is 1. The average Bonchev–Trinajstić information content (AvgIpc) is 2.78. The van der Waals surface area contributed by atoms with Crippen molar-refractivity contribution in [2.75, 3.05) is 30.9 Å². The molecule has 1 amide bonds. The van der Waals surface area contributed by atoms with Gasteiger partial charge in [-0.25, -0.2) is 4.98 Å². The van der Waals surface area contributed by atoms with Gasteiger partial charge in [-0.15, -0.1) is 0 Å². The van der Waals surface area contributed by atoms with Crippen molar-refractivity contribution in [2.45, 2.75) is 43.9 Å². The second-order valence-electron chi connectivity index (χ2n) is 8.09. The summed E-state index contributed by atoms with van der Waals surface area (Å²) in [6.45, 7) is 0. The van der Waals surface area contributed by atoms with Crippen molar-refractivity contribution >= 4 is 17.7 Å². The van der Waals surface area contributed by atoms with Crippen LogP contribution in [0.3, 0.4) is 0 Å². The predicted molar refractivity (Wildman–Crippen MR) is 114 cm³/mol. The molecule has 1 aliphatic rings. The summed E-state index contributed by atoms with van der Waals surface area (Å²) in [5.41, 5.74) is -0.123. The number of anilines is 2. The molecule has 2 aromatic rings. The number of nitrogens with one attached hydrogen (secondary N) is 1. The molecule has 1 aromatic heterocycles. The molecule has 3 rings (SSSR count). The molecule has 1 fully saturated rings. The van der Waals surface area contributed by atoms with E-state index in [0.29, 0.717) is 36.8 Å². The smallest absolute Gasteiger partial charge is 0.357 e. The van der Waals surface area contributed by atoms with E-state index in [1.807, 2.05) is 6.07 Å². The van der Waals surface area contributed by atoms with Gasteiger partial charge in [0.2, 0.25) is 5.95 Å². The molecule has 0 aliphatic heterocycles. The Morgan fingerprint density at radius 3 is 2.41 bits per heavy atom. The number of benzene rings is 1. The Morgan fingerprint density at radius 1 is 1.12 bits per heavy atom. The molecule has 10 heteroatoms. The zero-order valence-electron chi connectivity index (χ0n) is 18.1. The van der Waals surface area contributed by atoms with Gasteiger partial charge < -0.3 is 15.1 Å². The number of aromatic nitrogens is 2. The largest absolute Gasteiger partial charge is 0.433 e. The molecular weight excluding hydrogens is 421 g/mol. The van der Waals surface area contributed by atoms with E-state index in [2.05, 4.69) is 15.3 Å². The Bertz CT molecular complexity index is 1010. The Hall–Kier alpha value is -3.35. The molecule has 0 unspecified atom stereocenters. The molecule has 0 spiro atoms. The van der Waals surface area contributed by atoms with Crippen molar-refractivity contribution in [1.29, 1.82) is 5.26 Å². The number of nitriles is 1. The zero-order valence-corrected chi connectivity index (χ0v) is 18.1. The fraction of sp³-hybridized carbons (Fsp3) is 0.455. The number of carbonyl (C=O) groups is 1. The van der Waals surface area contributed by atoms with Crippen molar-refractivity contribution in [3.8, 4) is 6.07 Å². The quantitative estimate of drug-likeness (QED) is 0.755. The number of hydrogen-bond donors (Lipinski definition) is 1. The maximum atomic E-state index is 13.3. The molecule has 1 heterocycles. The highest BCUT2D eigenvalue weighted by atomic mass is 19.4. The minimum absolute atomic E-state index is 0.00206. The van der Waals surface area contributed by atoms with Crippen LogP contribution in [0, 0.1) is 11.3 Å². The average molecular weight is 446 g/mol.